The minimum atomic E-state index is -4.95. The number of nitriles is 1. The van der Waals surface area contributed by atoms with E-state index >= 15 is 0 Å². The first kappa shape index (κ1) is 24.0. The molecular formula is C20H14F6N4O3. The topological polar surface area (TPSA) is 108 Å². The highest BCUT2D eigenvalue weighted by atomic mass is 19.4. The number of benzene rings is 2. The summed E-state index contributed by atoms with van der Waals surface area (Å²) in [4.78, 5) is 22.5. The van der Waals surface area contributed by atoms with Crippen molar-refractivity contribution in [2.24, 2.45) is 0 Å². The fourth-order valence-corrected chi connectivity index (χ4v) is 3.65. The van der Waals surface area contributed by atoms with E-state index in [4.69, 9.17) is 5.26 Å². The van der Waals surface area contributed by atoms with Crippen LogP contribution in [0.4, 0.5) is 37.7 Å². The molecule has 1 amide bonds. The zero-order chi connectivity index (χ0) is 24.6. The van der Waals surface area contributed by atoms with Crippen LogP contribution in [0.5, 0.6) is 0 Å². The lowest BCUT2D eigenvalue weighted by Crippen LogP contribution is -2.46. The van der Waals surface area contributed by atoms with Crippen LogP contribution in [-0.2, 0) is 11.0 Å². The molecule has 33 heavy (non-hydrogen) atoms. The van der Waals surface area contributed by atoms with E-state index in [0.29, 0.717) is 6.07 Å². The number of hydrogen-bond acceptors (Lipinski definition) is 5. The third-order valence-corrected chi connectivity index (χ3v) is 5.19. The Labute approximate surface area is 182 Å². The van der Waals surface area contributed by atoms with Crippen LogP contribution in [0.1, 0.15) is 29.0 Å². The predicted octanol–water partition coefficient (Wildman–Crippen LogP) is 4.50. The summed E-state index contributed by atoms with van der Waals surface area (Å²) in [5.74, 6) is -2.41. The van der Waals surface area contributed by atoms with Crippen LogP contribution in [0.3, 0.4) is 0 Å². The van der Waals surface area contributed by atoms with Gasteiger partial charge in [-0.25, -0.2) is 0 Å². The highest BCUT2D eigenvalue weighted by Crippen LogP contribution is 2.42. The van der Waals surface area contributed by atoms with E-state index in [-0.39, 0.29) is 16.9 Å². The Hall–Kier alpha value is -3.66. The normalized spacial score (nSPS) is 20.8. The average Bonchev–Trinajstić information content (AvgIpc) is 3.19. The molecule has 0 saturated carbocycles. The number of nitrogens with one attached hydrogen (secondary N) is 2. The van der Waals surface area contributed by atoms with Crippen molar-refractivity contribution in [2.45, 2.75) is 36.8 Å². The molecule has 13 heteroatoms. The Kier molecular flexibility index (Phi) is 6.33. The molecule has 7 nitrogen and oxygen atoms in total. The van der Waals surface area contributed by atoms with Crippen LogP contribution in [0.15, 0.2) is 42.5 Å². The lowest BCUT2D eigenvalue weighted by Gasteiger charge is -2.23. The van der Waals surface area contributed by atoms with Gasteiger partial charge in [-0.05, 0) is 36.2 Å². The van der Waals surface area contributed by atoms with Gasteiger partial charge in [0.15, 0.2) is 0 Å². The van der Waals surface area contributed by atoms with E-state index in [1.165, 1.54) is 18.2 Å². The molecule has 1 heterocycles. The number of rotatable bonds is 4. The average molecular weight is 472 g/mol. The molecule has 1 aliphatic rings. The van der Waals surface area contributed by atoms with Gasteiger partial charge in [0.25, 0.3) is 5.69 Å². The van der Waals surface area contributed by atoms with Crippen molar-refractivity contribution in [3.63, 3.8) is 0 Å². The molecular weight excluding hydrogens is 458 g/mol. The van der Waals surface area contributed by atoms with Crippen LogP contribution in [0.25, 0.3) is 0 Å². The minimum absolute atomic E-state index is 0.0946. The minimum Gasteiger partial charge on any atom is -0.325 e. The van der Waals surface area contributed by atoms with Gasteiger partial charge in [0.1, 0.15) is 6.04 Å². The molecule has 0 bridgehead atoms. The molecule has 2 aromatic rings. The lowest BCUT2D eigenvalue weighted by molar-refractivity contribution is -0.384. The monoisotopic (exact) mass is 472 g/mol. The van der Waals surface area contributed by atoms with Crippen LogP contribution in [0, 0.1) is 21.4 Å². The molecule has 1 saturated heterocycles. The summed E-state index contributed by atoms with van der Waals surface area (Å²) < 4.78 is 80.7. The Morgan fingerprint density at radius 1 is 1.12 bits per heavy atom. The maximum absolute atomic E-state index is 13.6. The smallest absolute Gasteiger partial charge is 0.325 e. The Morgan fingerprint density at radius 3 is 2.27 bits per heavy atom. The summed E-state index contributed by atoms with van der Waals surface area (Å²) in [7, 11) is 0. The SMILES string of the molecule is N#Cc1ccc(C2C[C@@H](C(=O)Nc3ccc([N+](=O)[O-])cc3)N[C@H]2C(F)(F)F)cc1C(F)(F)F. The molecule has 1 fully saturated rings. The van der Waals surface area contributed by atoms with Crippen molar-refractivity contribution in [3.8, 4) is 6.07 Å². The highest BCUT2D eigenvalue weighted by molar-refractivity contribution is 5.95. The number of halogens is 6. The van der Waals surface area contributed by atoms with Crippen molar-refractivity contribution in [1.29, 1.82) is 5.26 Å². The summed E-state index contributed by atoms with van der Waals surface area (Å²) in [6.07, 6.45) is -10.3. The molecule has 0 radical (unpaired) electrons. The van der Waals surface area contributed by atoms with Gasteiger partial charge in [-0.2, -0.15) is 31.6 Å². The Bertz CT molecular complexity index is 1110. The first-order chi connectivity index (χ1) is 15.3. The maximum atomic E-state index is 13.6. The number of carbonyl (C=O) groups excluding carboxylic acids is 1. The first-order valence-electron chi connectivity index (χ1n) is 9.30. The van der Waals surface area contributed by atoms with E-state index in [2.05, 4.69) is 10.6 Å². The van der Waals surface area contributed by atoms with Gasteiger partial charge in [-0.15, -0.1) is 0 Å². The maximum Gasteiger partial charge on any atom is 0.417 e. The van der Waals surface area contributed by atoms with Gasteiger partial charge in [0.2, 0.25) is 5.91 Å². The molecule has 2 aromatic carbocycles. The van der Waals surface area contributed by atoms with Crippen molar-refractivity contribution in [2.75, 3.05) is 5.32 Å². The Morgan fingerprint density at radius 2 is 1.76 bits per heavy atom. The molecule has 0 spiro atoms. The zero-order valence-electron chi connectivity index (χ0n) is 16.4. The number of alkyl halides is 6. The lowest BCUT2D eigenvalue weighted by atomic mass is 9.88. The Balaban J connectivity index is 1.87. The van der Waals surface area contributed by atoms with Gasteiger partial charge in [0, 0.05) is 23.7 Å². The largest absolute Gasteiger partial charge is 0.417 e. The van der Waals surface area contributed by atoms with E-state index in [0.717, 1.165) is 24.3 Å². The number of amides is 1. The van der Waals surface area contributed by atoms with E-state index in [1.807, 2.05) is 0 Å². The molecule has 1 unspecified atom stereocenters. The van der Waals surface area contributed by atoms with Gasteiger partial charge in [0.05, 0.1) is 28.2 Å². The highest BCUT2D eigenvalue weighted by Gasteiger charge is 2.52. The molecule has 174 valence electrons. The molecule has 1 aliphatic heterocycles. The van der Waals surface area contributed by atoms with Crippen LogP contribution in [0.2, 0.25) is 0 Å². The first-order valence-corrected chi connectivity index (χ1v) is 9.30. The third-order valence-electron chi connectivity index (χ3n) is 5.19. The second-order valence-corrected chi connectivity index (χ2v) is 7.29. The molecule has 3 rings (SSSR count). The van der Waals surface area contributed by atoms with Gasteiger partial charge in [-0.3, -0.25) is 20.2 Å². The van der Waals surface area contributed by atoms with Crippen molar-refractivity contribution < 1.29 is 36.1 Å². The number of nitrogens with zero attached hydrogens (tertiary/aromatic N) is 2. The van der Waals surface area contributed by atoms with E-state index in [9.17, 15) is 41.3 Å². The molecule has 3 atom stereocenters. The van der Waals surface area contributed by atoms with Gasteiger partial charge in [-0.1, -0.05) is 6.07 Å². The second-order valence-electron chi connectivity index (χ2n) is 7.29. The van der Waals surface area contributed by atoms with Crippen LogP contribution >= 0.6 is 0 Å². The molecule has 0 aliphatic carbocycles. The predicted molar refractivity (Wildman–Crippen MR) is 102 cm³/mol. The van der Waals surface area contributed by atoms with Crippen molar-refractivity contribution in [1.82, 2.24) is 5.32 Å². The number of anilines is 1. The number of nitro groups is 1. The summed E-state index contributed by atoms with van der Waals surface area (Å²) in [5.41, 5.74) is -2.57. The van der Waals surface area contributed by atoms with Crippen LogP contribution in [-0.4, -0.2) is 29.1 Å². The summed E-state index contributed by atoms with van der Waals surface area (Å²) in [6.45, 7) is 0. The number of non-ortho nitro benzene ring substituents is 1. The molecule has 2 N–H and O–H groups in total. The van der Waals surface area contributed by atoms with E-state index < -0.39 is 58.7 Å². The summed E-state index contributed by atoms with van der Waals surface area (Å²) in [6, 6.07) is 4.54. The summed E-state index contributed by atoms with van der Waals surface area (Å²) in [5, 5.41) is 24.0. The van der Waals surface area contributed by atoms with Crippen molar-refractivity contribution >= 4 is 17.3 Å². The fourth-order valence-electron chi connectivity index (χ4n) is 3.65. The number of carbonyl (C=O) groups is 1. The van der Waals surface area contributed by atoms with Gasteiger partial charge >= 0.3 is 12.4 Å². The standard InChI is InChI=1S/C20H14F6N4O3/c21-19(22,23)15-7-10(1-2-11(15)9-27)14-8-16(29-17(14)20(24,25)26)18(31)28-12-3-5-13(6-4-12)30(32)33/h1-7,14,16-17,29H,8H2,(H,28,31)/t14?,16-,17+/m0/s1. The fraction of sp³-hybridized carbons (Fsp3) is 0.300. The van der Waals surface area contributed by atoms with Crippen molar-refractivity contribution in [3.05, 3.63) is 69.3 Å². The van der Waals surface area contributed by atoms with E-state index in [1.54, 1.807) is 0 Å². The molecule has 0 aromatic heterocycles. The quantitative estimate of drug-likeness (QED) is 0.387. The number of nitro benzene ring substituents is 1. The van der Waals surface area contributed by atoms with Gasteiger partial charge < -0.3 is 5.32 Å². The third kappa shape index (κ3) is 5.23. The van der Waals surface area contributed by atoms with Crippen LogP contribution < -0.4 is 10.6 Å². The number of hydrogen-bond donors (Lipinski definition) is 2. The second kappa shape index (κ2) is 8.70. The zero-order valence-corrected chi connectivity index (χ0v) is 16.4. The summed E-state index contributed by atoms with van der Waals surface area (Å²) >= 11 is 0.